The van der Waals surface area contributed by atoms with Crippen molar-refractivity contribution in [2.24, 2.45) is 5.73 Å². The Hall–Kier alpha value is -2.49. The van der Waals surface area contributed by atoms with Crippen molar-refractivity contribution >= 4 is 39.4 Å². The Kier molecular flexibility index (Phi) is 8.37. The number of ether oxygens (including phenoxy) is 1. The largest absolute Gasteiger partial charge is 0.480 e. The number of carboxylic acid groups (broad SMARTS) is 1. The van der Waals surface area contributed by atoms with E-state index in [1.807, 2.05) is 0 Å². The topological polar surface area (TPSA) is 119 Å². The fourth-order valence-electron chi connectivity index (χ4n) is 2.07. The van der Waals surface area contributed by atoms with Crippen molar-refractivity contribution in [3.63, 3.8) is 0 Å². The summed E-state index contributed by atoms with van der Waals surface area (Å²) < 4.78 is 4.64. The maximum absolute atomic E-state index is 12.3. The van der Waals surface area contributed by atoms with Crippen molar-refractivity contribution in [2.75, 3.05) is 12.9 Å². The molecule has 0 saturated carbocycles. The molecule has 9 heteroatoms. The molecule has 0 bridgehead atoms. The van der Waals surface area contributed by atoms with Gasteiger partial charge in [-0.2, -0.15) is 0 Å². The second-order valence-electron chi connectivity index (χ2n) is 5.71. The Balaban J connectivity index is 1.82. The van der Waals surface area contributed by atoms with Gasteiger partial charge < -0.3 is 20.9 Å². The Morgan fingerprint density at radius 2 is 1.68 bits per heavy atom. The first-order valence-corrected chi connectivity index (χ1v) is 10.6. The molecular formula is C19H20N2O5S2. The third-order valence-corrected chi connectivity index (χ3v) is 6.08. The van der Waals surface area contributed by atoms with Gasteiger partial charge in [-0.05, 0) is 42.0 Å². The third-order valence-electron chi connectivity index (χ3n) is 3.66. The number of amides is 1. The second kappa shape index (κ2) is 10.7. The van der Waals surface area contributed by atoms with Gasteiger partial charge in [0, 0.05) is 22.8 Å². The first-order chi connectivity index (χ1) is 13.4. The molecular weight excluding hydrogens is 400 g/mol. The van der Waals surface area contributed by atoms with E-state index >= 15 is 0 Å². The fourth-order valence-corrected chi connectivity index (χ4v) is 4.20. The molecule has 0 aliphatic carbocycles. The van der Waals surface area contributed by atoms with E-state index in [2.05, 4.69) is 10.1 Å². The number of nitrogens with one attached hydrogen (secondary N) is 1. The van der Waals surface area contributed by atoms with Crippen LogP contribution in [-0.4, -0.2) is 41.9 Å². The lowest BCUT2D eigenvalue weighted by Gasteiger charge is -2.08. The van der Waals surface area contributed by atoms with Crippen LogP contribution in [0.5, 0.6) is 0 Å². The van der Waals surface area contributed by atoms with Crippen molar-refractivity contribution in [2.45, 2.75) is 17.5 Å². The first-order valence-electron chi connectivity index (χ1n) is 8.24. The maximum atomic E-state index is 12.3. The molecule has 2 aromatic rings. The number of esters is 1. The summed E-state index contributed by atoms with van der Waals surface area (Å²) in [4.78, 5) is 35.2. The Labute approximate surface area is 170 Å². The monoisotopic (exact) mass is 420 g/mol. The van der Waals surface area contributed by atoms with Gasteiger partial charge in [-0.25, -0.2) is 4.79 Å². The SMILES string of the molecule is COC(=O)c1ccc(CNC(=O)c2ccc(SSCC(N)C(=O)O)cc2)cc1. The lowest BCUT2D eigenvalue weighted by atomic mass is 10.1. The zero-order valence-corrected chi connectivity index (χ0v) is 16.7. The fraction of sp³-hybridized carbons (Fsp3) is 0.211. The van der Waals surface area contributed by atoms with Gasteiger partial charge in [-0.1, -0.05) is 33.7 Å². The van der Waals surface area contributed by atoms with Crippen molar-refractivity contribution in [1.82, 2.24) is 5.32 Å². The zero-order chi connectivity index (χ0) is 20.5. The second-order valence-corrected chi connectivity index (χ2v) is 8.12. The normalized spacial score (nSPS) is 11.5. The smallest absolute Gasteiger partial charge is 0.337 e. The molecule has 28 heavy (non-hydrogen) atoms. The molecule has 1 amide bonds. The quantitative estimate of drug-likeness (QED) is 0.418. The highest BCUT2D eigenvalue weighted by atomic mass is 33.1. The van der Waals surface area contributed by atoms with Crippen LogP contribution in [0.3, 0.4) is 0 Å². The summed E-state index contributed by atoms with van der Waals surface area (Å²) in [5.74, 6) is -1.36. The molecule has 2 aromatic carbocycles. The number of carbonyl (C=O) groups is 3. The van der Waals surface area contributed by atoms with Crippen LogP contribution in [0.25, 0.3) is 0 Å². The van der Waals surface area contributed by atoms with Gasteiger partial charge >= 0.3 is 11.9 Å². The summed E-state index contributed by atoms with van der Waals surface area (Å²) in [6.07, 6.45) is 0. The summed E-state index contributed by atoms with van der Waals surface area (Å²) in [5, 5.41) is 11.6. The van der Waals surface area contributed by atoms with E-state index in [1.54, 1.807) is 48.5 Å². The van der Waals surface area contributed by atoms with Crippen LogP contribution in [-0.2, 0) is 16.1 Å². The maximum Gasteiger partial charge on any atom is 0.337 e. The first kappa shape index (κ1) is 21.8. The molecule has 1 atom stereocenters. The Morgan fingerprint density at radius 1 is 1.07 bits per heavy atom. The number of methoxy groups -OCH3 is 1. The summed E-state index contributed by atoms with van der Waals surface area (Å²) in [6.45, 7) is 0.333. The van der Waals surface area contributed by atoms with Crippen molar-refractivity contribution in [3.05, 3.63) is 65.2 Å². The lowest BCUT2D eigenvalue weighted by molar-refractivity contribution is -0.137. The van der Waals surface area contributed by atoms with E-state index in [9.17, 15) is 14.4 Å². The number of hydrogen-bond acceptors (Lipinski definition) is 7. The molecule has 0 fully saturated rings. The highest BCUT2D eigenvalue weighted by Gasteiger charge is 2.12. The molecule has 1 unspecified atom stereocenters. The van der Waals surface area contributed by atoms with Crippen LogP contribution >= 0.6 is 21.6 Å². The van der Waals surface area contributed by atoms with E-state index in [0.717, 1.165) is 10.5 Å². The predicted molar refractivity (Wildman–Crippen MR) is 109 cm³/mol. The van der Waals surface area contributed by atoms with Crippen LogP contribution in [0, 0.1) is 0 Å². The summed E-state index contributed by atoms with van der Waals surface area (Å²) in [7, 11) is 4.08. The number of carboxylic acids is 1. The average molecular weight is 421 g/mol. The molecule has 0 radical (unpaired) electrons. The third kappa shape index (κ3) is 6.59. The standard InChI is InChI=1S/C19H20N2O5S2/c1-26-19(25)14-4-2-12(3-5-14)10-21-17(22)13-6-8-15(9-7-13)28-27-11-16(20)18(23)24/h2-9,16H,10-11,20H2,1H3,(H,21,22)(H,23,24). The molecule has 7 nitrogen and oxygen atoms in total. The Bertz CT molecular complexity index is 825. The number of aliphatic carboxylic acids is 1. The molecule has 0 aliphatic heterocycles. The van der Waals surface area contributed by atoms with Crippen molar-refractivity contribution in [1.29, 1.82) is 0 Å². The van der Waals surface area contributed by atoms with Gasteiger partial charge in [0.1, 0.15) is 6.04 Å². The molecule has 0 aromatic heterocycles. The lowest BCUT2D eigenvalue weighted by Crippen LogP contribution is -2.32. The van der Waals surface area contributed by atoms with E-state index in [4.69, 9.17) is 10.8 Å². The molecule has 0 spiro atoms. The van der Waals surface area contributed by atoms with Crippen LogP contribution in [0.2, 0.25) is 0 Å². The van der Waals surface area contributed by atoms with Gasteiger partial charge in [-0.3, -0.25) is 9.59 Å². The summed E-state index contributed by atoms with van der Waals surface area (Å²) >= 11 is 0. The minimum Gasteiger partial charge on any atom is -0.480 e. The van der Waals surface area contributed by atoms with Crippen LogP contribution < -0.4 is 11.1 Å². The van der Waals surface area contributed by atoms with E-state index in [1.165, 1.54) is 28.7 Å². The van der Waals surface area contributed by atoms with Crippen LogP contribution in [0.1, 0.15) is 26.3 Å². The minimum absolute atomic E-state index is 0.214. The van der Waals surface area contributed by atoms with Crippen molar-refractivity contribution < 1.29 is 24.2 Å². The number of carbonyl (C=O) groups excluding carboxylic acids is 2. The molecule has 0 saturated heterocycles. The molecule has 148 valence electrons. The van der Waals surface area contributed by atoms with Gasteiger partial charge in [-0.15, -0.1) is 0 Å². The molecule has 2 rings (SSSR count). The van der Waals surface area contributed by atoms with Crippen LogP contribution in [0.15, 0.2) is 53.4 Å². The minimum atomic E-state index is -1.03. The molecule has 4 N–H and O–H groups in total. The number of benzene rings is 2. The summed E-state index contributed by atoms with van der Waals surface area (Å²) in [5.41, 5.74) is 7.28. The highest BCUT2D eigenvalue weighted by molar-refractivity contribution is 8.76. The van der Waals surface area contributed by atoms with Gasteiger partial charge in [0.2, 0.25) is 0 Å². The number of nitrogens with two attached hydrogens (primary N) is 1. The average Bonchev–Trinajstić information content (AvgIpc) is 2.72. The predicted octanol–water partition coefficient (Wildman–Crippen LogP) is 2.56. The Morgan fingerprint density at radius 3 is 2.25 bits per heavy atom. The van der Waals surface area contributed by atoms with Gasteiger partial charge in [0.05, 0.1) is 12.7 Å². The van der Waals surface area contributed by atoms with Gasteiger partial charge in [0.15, 0.2) is 0 Å². The summed E-state index contributed by atoms with van der Waals surface area (Å²) in [6, 6.07) is 12.9. The van der Waals surface area contributed by atoms with Crippen LogP contribution in [0.4, 0.5) is 0 Å². The van der Waals surface area contributed by atoms with E-state index in [-0.39, 0.29) is 11.7 Å². The molecule has 0 aliphatic rings. The molecule has 0 heterocycles. The van der Waals surface area contributed by atoms with E-state index in [0.29, 0.717) is 17.7 Å². The number of rotatable bonds is 9. The number of hydrogen-bond donors (Lipinski definition) is 3. The van der Waals surface area contributed by atoms with Gasteiger partial charge in [0.25, 0.3) is 5.91 Å². The van der Waals surface area contributed by atoms with Crippen molar-refractivity contribution in [3.8, 4) is 0 Å². The van der Waals surface area contributed by atoms with E-state index < -0.39 is 18.0 Å². The zero-order valence-electron chi connectivity index (χ0n) is 15.1. The highest BCUT2D eigenvalue weighted by Crippen LogP contribution is 2.31.